The first-order valence-electron chi connectivity index (χ1n) is 10.4. The highest BCUT2D eigenvalue weighted by Crippen LogP contribution is 2.22. The lowest BCUT2D eigenvalue weighted by Gasteiger charge is -2.35. The van der Waals surface area contributed by atoms with Gasteiger partial charge in [-0.05, 0) is 61.7 Å². The molecule has 1 N–H and O–H groups in total. The summed E-state index contributed by atoms with van der Waals surface area (Å²) in [7, 11) is 0. The Hall–Kier alpha value is -3.02. The molecule has 2 aliphatic rings. The number of nitrogens with one attached hydrogen (secondary N) is 1. The van der Waals surface area contributed by atoms with Gasteiger partial charge in [0.15, 0.2) is 0 Å². The fourth-order valence-corrected chi connectivity index (χ4v) is 4.05. The lowest BCUT2D eigenvalue weighted by atomic mass is 10.2. The first kappa shape index (κ1) is 19.3. The zero-order valence-corrected chi connectivity index (χ0v) is 16.9. The Kier molecular flexibility index (Phi) is 5.69. The van der Waals surface area contributed by atoms with Crippen molar-refractivity contribution in [3.8, 4) is 0 Å². The average molecular weight is 393 g/mol. The van der Waals surface area contributed by atoms with Crippen LogP contribution in [0.1, 0.15) is 18.4 Å². The monoisotopic (exact) mass is 392 g/mol. The molecule has 2 fully saturated rings. The summed E-state index contributed by atoms with van der Waals surface area (Å²) in [6.45, 7) is 6.80. The summed E-state index contributed by atoms with van der Waals surface area (Å²) in [5, 5.41) is 2.74. The Morgan fingerprint density at radius 2 is 1.45 bits per heavy atom. The summed E-state index contributed by atoms with van der Waals surface area (Å²) < 4.78 is 0. The van der Waals surface area contributed by atoms with E-state index in [1.54, 1.807) is 4.90 Å². The first-order chi connectivity index (χ1) is 14.1. The maximum Gasteiger partial charge on any atom is 0.313 e. The van der Waals surface area contributed by atoms with Gasteiger partial charge in [0.2, 0.25) is 0 Å². The van der Waals surface area contributed by atoms with E-state index in [-0.39, 0.29) is 0 Å². The van der Waals surface area contributed by atoms with Crippen LogP contribution < -0.4 is 15.1 Å². The number of benzene rings is 2. The molecule has 0 radical (unpaired) electrons. The van der Waals surface area contributed by atoms with E-state index >= 15 is 0 Å². The van der Waals surface area contributed by atoms with Crippen LogP contribution in [0.5, 0.6) is 0 Å². The largest absolute Gasteiger partial charge is 0.372 e. The number of nitrogens with zero attached hydrogens (tertiary/aromatic N) is 3. The summed E-state index contributed by atoms with van der Waals surface area (Å²) in [4.78, 5) is 31.2. The third kappa shape index (κ3) is 4.53. The van der Waals surface area contributed by atoms with Crippen molar-refractivity contribution in [2.75, 3.05) is 54.4 Å². The second kappa shape index (κ2) is 8.55. The van der Waals surface area contributed by atoms with Crippen molar-refractivity contribution in [3.63, 3.8) is 0 Å². The van der Waals surface area contributed by atoms with E-state index in [4.69, 9.17) is 0 Å². The molecule has 0 bridgehead atoms. The SMILES string of the molecule is Cc1cccc(N2CCN(C(=O)C(=O)Nc3ccc(N4CCCC4)cc3)CC2)c1. The molecule has 0 spiro atoms. The van der Waals surface area contributed by atoms with E-state index in [0.29, 0.717) is 18.8 Å². The number of piperazine rings is 1. The Bertz CT molecular complexity index is 867. The Morgan fingerprint density at radius 3 is 2.10 bits per heavy atom. The molecular weight excluding hydrogens is 364 g/mol. The van der Waals surface area contributed by atoms with Gasteiger partial charge in [-0.2, -0.15) is 0 Å². The van der Waals surface area contributed by atoms with Crippen molar-refractivity contribution in [3.05, 3.63) is 54.1 Å². The van der Waals surface area contributed by atoms with E-state index in [1.165, 1.54) is 29.8 Å². The highest BCUT2D eigenvalue weighted by molar-refractivity contribution is 6.39. The van der Waals surface area contributed by atoms with E-state index in [2.05, 4.69) is 40.2 Å². The van der Waals surface area contributed by atoms with Crippen molar-refractivity contribution in [1.29, 1.82) is 0 Å². The molecule has 0 aliphatic carbocycles. The van der Waals surface area contributed by atoms with Crippen LogP contribution in [0, 0.1) is 6.92 Å². The molecule has 2 aliphatic heterocycles. The topological polar surface area (TPSA) is 55.9 Å². The highest BCUT2D eigenvalue weighted by Gasteiger charge is 2.26. The van der Waals surface area contributed by atoms with E-state index in [1.807, 2.05) is 30.3 Å². The number of carbonyl (C=O) groups is 2. The minimum absolute atomic E-state index is 0.461. The van der Waals surface area contributed by atoms with Crippen LogP contribution in [0.25, 0.3) is 0 Å². The summed E-state index contributed by atoms with van der Waals surface area (Å²) in [5.74, 6) is -1.03. The molecule has 0 atom stereocenters. The third-order valence-corrected chi connectivity index (χ3v) is 5.72. The lowest BCUT2D eigenvalue weighted by molar-refractivity contribution is -0.143. The lowest BCUT2D eigenvalue weighted by Crippen LogP contribution is -2.51. The summed E-state index contributed by atoms with van der Waals surface area (Å²) >= 11 is 0. The standard InChI is InChI=1S/C23H28N4O2/c1-18-5-4-6-21(17-18)26-13-15-27(16-14-26)23(29)22(28)24-19-7-9-20(10-8-19)25-11-2-3-12-25/h4-10,17H,2-3,11-16H2,1H3,(H,24,28). The van der Waals surface area contributed by atoms with Gasteiger partial charge in [-0.1, -0.05) is 12.1 Å². The van der Waals surface area contributed by atoms with Gasteiger partial charge in [0, 0.05) is 56.3 Å². The molecule has 0 saturated carbocycles. The van der Waals surface area contributed by atoms with Crippen LogP contribution in [-0.2, 0) is 9.59 Å². The molecule has 2 amide bonds. The van der Waals surface area contributed by atoms with Crippen LogP contribution in [0.15, 0.2) is 48.5 Å². The molecular formula is C23H28N4O2. The maximum absolute atomic E-state index is 12.6. The minimum atomic E-state index is -0.567. The predicted molar refractivity (Wildman–Crippen MR) is 116 cm³/mol. The van der Waals surface area contributed by atoms with Gasteiger partial charge in [0.1, 0.15) is 0 Å². The second-order valence-corrected chi connectivity index (χ2v) is 7.81. The molecule has 2 heterocycles. The summed E-state index contributed by atoms with van der Waals surface area (Å²) in [6.07, 6.45) is 2.45. The van der Waals surface area contributed by atoms with Gasteiger partial charge < -0.3 is 20.0 Å². The number of anilines is 3. The zero-order valence-electron chi connectivity index (χ0n) is 16.9. The number of hydrogen-bond acceptors (Lipinski definition) is 4. The van der Waals surface area contributed by atoms with Crippen molar-refractivity contribution in [2.45, 2.75) is 19.8 Å². The number of rotatable bonds is 3. The van der Waals surface area contributed by atoms with Gasteiger partial charge >= 0.3 is 11.8 Å². The number of aryl methyl sites for hydroxylation is 1. The Morgan fingerprint density at radius 1 is 0.793 bits per heavy atom. The normalized spacial score (nSPS) is 16.8. The van der Waals surface area contributed by atoms with Gasteiger partial charge in [-0.25, -0.2) is 0 Å². The van der Waals surface area contributed by atoms with E-state index in [9.17, 15) is 9.59 Å². The number of hydrogen-bond donors (Lipinski definition) is 1. The van der Waals surface area contributed by atoms with Crippen molar-refractivity contribution < 1.29 is 9.59 Å². The van der Waals surface area contributed by atoms with E-state index < -0.39 is 11.8 Å². The van der Waals surface area contributed by atoms with Crippen LogP contribution >= 0.6 is 0 Å². The molecule has 4 rings (SSSR count). The predicted octanol–water partition coefficient (Wildman–Crippen LogP) is 2.88. The molecule has 2 saturated heterocycles. The van der Waals surface area contributed by atoms with Crippen LogP contribution in [-0.4, -0.2) is 56.0 Å². The van der Waals surface area contributed by atoms with Crippen molar-refractivity contribution >= 4 is 28.9 Å². The summed E-state index contributed by atoms with van der Waals surface area (Å²) in [6, 6.07) is 16.1. The fraction of sp³-hybridized carbons (Fsp3) is 0.391. The third-order valence-electron chi connectivity index (χ3n) is 5.72. The van der Waals surface area contributed by atoms with Crippen LogP contribution in [0.2, 0.25) is 0 Å². The summed E-state index contributed by atoms with van der Waals surface area (Å²) in [5.41, 5.74) is 4.21. The maximum atomic E-state index is 12.6. The van der Waals surface area contributed by atoms with Crippen LogP contribution in [0.3, 0.4) is 0 Å². The zero-order chi connectivity index (χ0) is 20.2. The molecule has 0 unspecified atom stereocenters. The molecule has 6 nitrogen and oxygen atoms in total. The first-order valence-corrected chi connectivity index (χ1v) is 10.4. The Balaban J connectivity index is 1.30. The fourth-order valence-electron chi connectivity index (χ4n) is 4.05. The molecule has 6 heteroatoms. The van der Waals surface area contributed by atoms with Gasteiger partial charge in [-0.15, -0.1) is 0 Å². The highest BCUT2D eigenvalue weighted by atomic mass is 16.2. The Labute approximate surface area is 172 Å². The quantitative estimate of drug-likeness (QED) is 0.816. The van der Waals surface area contributed by atoms with Crippen LogP contribution in [0.4, 0.5) is 17.1 Å². The van der Waals surface area contributed by atoms with Crippen molar-refractivity contribution in [1.82, 2.24) is 4.90 Å². The molecule has 2 aromatic rings. The number of amides is 2. The van der Waals surface area contributed by atoms with Gasteiger partial charge in [-0.3, -0.25) is 9.59 Å². The molecule has 0 aromatic heterocycles. The van der Waals surface area contributed by atoms with E-state index in [0.717, 1.165) is 26.2 Å². The minimum Gasteiger partial charge on any atom is -0.372 e. The smallest absolute Gasteiger partial charge is 0.313 e. The van der Waals surface area contributed by atoms with Gasteiger partial charge in [0.05, 0.1) is 0 Å². The average Bonchev–Trinajstić information content (AvgIpc) is 3.29. The molecule has 2 aromatic carbocycles. The molecule has 29 heavy (non-hydrogen) atoms. The van der Waals surface area contributed by atoms with Crippen molar-refractivity contribution in [2.24, 2.45) is 0 Å². The second-order valence-electron chi connectivity index (χ2n) is 7.81. The molecule has 152 valence electrons. The van der Waals surface area contributed by atoms with Gasteiger partial charge in [0.25, 0.3) is 0 Å². The number of carbonyl (C=O) groups excluding carboxylic acids is 2.